The van der Waals surface area contributed by atoms with Gasteiger partial charge in [0.2, 0.25) is 0 Å². The van der Waals surface area contributed by atoms with Gasteiger partial charge in [0.25, 0.3) is 0 Å². The molecular formula is C5H13O9P3. The van der Waals surface area contributed by atoms with Crippen molar-refractivity contribution in [1.29, 1.82) is 0 Å². The van der Waals surface area contributed by atoms with E-state index in [4.69, 9.17) is 29.4 Å². The Balaban J connectivity index is 5.30. The minimum absolute atomic E-state index is 0.330. The van der Waals surface area contributed by atoms with Crippen LogP contribution in [0.3, 0.4) is 0 Å². The molecule has 0 atom stereocenters. The molecule has 0 unspecified atom stereocenters. The molecule has 0 aromatic heterocycles. The number of hydrogen-bond donors (Lipinski definition) is 6. The van der Waals surface area contributed by atoms with Crippen LogP contribution in [0.4, 0.5) is 0 Å². The monoisotopic (exact) mass is 310 g/mol. The first-order valence-electron chi connectivity index (χ1n) is 4.05. The Bertz CT molecular complexity index is 414. The Morgan fingerprint density at radius 3 is 1.53 bits per heavy atom. The molecule has 0 heterocycles. The van der Waals surface area contributed by atoms with Crippen LogP contribution >= 0.6 is 22.8 Å². The summed E-state index contributed by atoms with van der Waals surface area (Å²) >= 11 is 0. The Morgan fingerprint density at radius 1 is 0.941 bits per heavy atom. The van der Waals surface area contributed by atoms with Crippen molar-refractivity contribution < 1.29 is 43.1 Å². The van der Waals surface area contributed by atoms with E-state index in [0.29, 0.717) is 18.8 Å². The van der Waals surface area contributed by atoms with Crippen molar-refractivity contribution in [2.45, 2.75) is 18.2 Å². The van der Waals surface area contributed by atoms with Crippen LogP contribution in [0.25, 0.3) is 0 Å². The Kier molecular flexibility index (Phi) is 5.11. The molecule has 12 heteroatoms. The zero-order chi connectivity index (χ0) is 14.1. The van der Waals surface area contributed by atoms with E-state index < -0.39 is 34.1 Å². The van der Waals surface area contributed by atoms with Crippen LogP contribution < -0.4 is 0 Å². The molecule has 0 radical (unpaired) electrons. The molecule has 17 heavy (non-hydrogen) atoms. The summed E-state index contributed by atoms with van der Waals surface area (Å²) in [5.41, 5.74) is 0. The highest BCUT2D eigenvalue weighted by molar-refractivity contribution is 7.72. The predicted molar refractivity (Wildman–Crippen MR) is 58.3 cm³/mol. The van der Waals surface area contributed by atoms with Crippen molar-refractivity contribution in [2.24, 2.45) is 0 Å². The maximum atomic E-state index is 11.0. The van der Waals surface area contributed by atoms with Gasteiger partial charge in [0.05, 0.1) is 0 Å². The SMILES string of the molecule is CC(C/C=C/P(=O)(O)O)(P(=O)(O)O)P(=O)(O)O. The van der Waals surface area contributed by atoms with Crippen LogP contribution in [-0.4, -0.2) is 34.3 Å². The van der Waals surface area contributed by atoms with E-state index >= 15 is 0 Å². The topological polar surface area (TPSA) is 173 Å². The van der Waals surface area contributed by atoms with Crippen LogP contribution in [0, 0.1) is 0 Å². The molecular weight excluding hydrogens is 297 g/mol. The van der Waals surface area contributed by atoms with Crippen LogP contribution in [0.1, 0.15) is 13.3 Å². The molecule has 6 N–H and O–H groups in total. The fourth-order valence-electron chi connectivity index (χ4n) is 0.821. The standard InChI is InChI=1S/C5H13O9P3/c1-5(16(9,10)11,17(12,13)14)3-2-4-15(6,7)8/h2,4H,3H2,1H3,(H2,6,7,8)(H2,9,10,11)(H2,12,13,14)/b4-2+. The molecule has 0 aromatic carbocycles. The van der Waals surface area contributed by atoms with Gasteiger partial charge in [0.1, 0.15) is 0 Å². The van der Waals surface area contributed by atoms with Gasteiger partial charge in [0.15, 0.2) is 4.90 Å². The van der Waals surface area contributed by atoms with Crippen molar-refractivity contribution in [3.8, 4) is 0 Å². The third-order valence-corrected chi connectivity index (χ3v) is 7.10. The molecule has 0 spiro atoms. The zero-order valence-electron chi connectivity index (χ0n) is 8.61. The van der Waals surface area contributed by atoms with Crippen LogP contribution in [0.2, 0.25) is 0 Å². The second-order valence-corrected chi connectivity index (χ2v) is 9.46. The van der Waals surface area contributed by atoms with Gasteiger partial charge in [-0.15, -0.1) is 0 Å². The van der Waals surface area contributed by atoms with Gasteiger partial charge < -0.3 is 29.4 Å². The molecule has 0 aliphatic rings. The summed E-state index contributed by atoms with van der Waals surface area (Å²) in [5.74, 6) is 0.330. The largest absolute Gasteiger partial charge is 0.348 e. The summed E-state index contributed by atoms with van der Waals surface area (Å²) < 4.78 is 32.5. The van der Waals surface area contributed by atoms with Gasteiger partial charge in [0, 0.05) is 5.82 Å². The number of allylic oxidation sites excluding steroid dienone is 1. The van der Waals surface area contributed by atoms with Gasteiger partial charge in [-0.25, -0.2) is 0 Å². The molecule has 9 nitrogen and oxygen atoms in total. The lowest BCUT2D eigenvalue weighted by molar-refractivity contribution is 0.313. The Hall–Kier alpha value is 0.190. The van der Waals surface area contributed by atoms with E-state index in [1.807, 2.05) is 0 Å². The second kappa shape index (κ2) is 5.05. The average Bonchev–Trinajstić information content (AvgIpc) is 1.96. The molecule has 0 aromatic rings. The maximum Gasteiger partial charge on any atom is 0.348 e. The van der Waals surface area contributed by atoms with E-state index in [0.717, 1.165) is 0 Å². The van der Waals surface area contributed by atoms with E-state index in [1.165, 1.54) is 0 Å². The molecule has 0 aliphatic heterocycles. The third kappa shape index (κ3) is 4.75. The van der Waals surface area contributed by atoms with Gasteiger partial charge >= 0.3 is 22.8 Å². The molecule has 0 saturated heterocycles. The molecule has 0 rings (SSSR count). The van der Waals surface area contributed by atoms with Crippen molar-refractivity contribution in [1.82, 2.24) is 0 Å². The summed E-state index contributed by atoms with van der Waals surface area (Å²) in [6.07, 6.45) is -0.231. The minimum Gasteiger partial charge on any atom is -0.324 e. The lowest BCUT2D eigenvalue weighted by atomic mass is 10.3. The predicted octanol–water partition coefficient (Wildman–Crippen LogP) is 0.139. The molecule has 0 aliphatic carbocycles. The summed E-state index contributed by atoms with van der Waals surface area (Å²) in [6, 6.07) is 0. The van der Waals surface area contributed by atoms with E-state index in [1.54, 1.807) is 0 Å². The first kappa shape index (κ1) is 17.2. The molecule has 0 bridgehead atoms. The van der Waals surface area contributed by atoms with Crippen molar-refractivity contribution in [3.63, 3.8) is 0 Å². The number of rotatable bonds is 5. The summed E-state index contributed by atoms with van der Waals surface area (Å²) in [5, 5.41) is 0. The lowest BCUT2D eigenvalue weighted by Crippen LogP contribution is -2.24. The lowest BCUT2D eigenvalue weighted by Gasteiger charge is -2.29. The van der Waals surface area contributed by atoms with Crippen LogP contribution in [0.5, 0.6) is 0 Å². The second-order valence-electron chi connectivity index (χ2n) is 3.48. The highest BCUT2D eigenvalue weighted by atomic mass is 31.2. The molecule has 102 valence electrons. The maximum absolute atomic E-state index is 11.0. The first-order chi connectivity index (χ1) is 7.21. The van der Waals surface area contributed by atoms with Gasteiger partial charge in [-0.1, -0.05) is 6.08 Å². The number of hydrogen-bond acceptors (Lipinski definition) is 3. The summed E-state index contributed by atoms with van der Waals surface area (Å²) in [7, 11) is -14.9. The molecule has 0 saturated carbocycles. The third-order valence-electron chi connectivity index (χ3n) is 2.06. The Morgan fingerprint density at radius 2 is 1.29 bits per heavy atom. The van der Waals surface area contributed by atoms with Gasteiger partial charge in [-0.3, -0.25) is 13.7 Å². The first-order valence-corrected chi connectivity index (χ1v) is 8.95. The smallest absolute Gasteiger partial charge is 0.324 e. The Labute approximate surface area is 96.7 Å². The van der Waals surface area contributed by atoms with E-state index in [2.05, 4.69) is 0 Å². The quantitative estimate of drug-likeness (QED) is 0.386. The van der Waals surface area contributed by atoms with Crippen molar-refractivity contribution >= 4 is 22.8 Å². The highest BCUT2D eigenvalue weighted by Crippen LogP contribution is 2.70. The molecule has 0 amide bonds. The summed E-state index contributed by atoms with van der Waals surface area (Å²) in [6.45, 7) is 0.651. The van der Waals surface area contributed by atoms with Crippen molar-refractivity contribution in [3.05, 3.63) is 11.9 Å². The normalized spacial score (nSPS) is 15.5. The molecule has 0 fully saturated rings. The van der Waals surface area contributed by atoms with E-state index in [-0.39, 0.29) is 0 Å². The van der Waals surface area contributed by atoms with Gasteiger partial charge in [-0.2, -0.15) is 0 Å². The zero-order valence-corrected chi connectivity index (χ0v) is 11.3. The van der Waals surface area contributed by atoms with Crippen LogP contribution in [0.15, 0.2) is 11.9 Å². The average molecular weight is 310 g/mol. The fourth-order valence-corrected chi connectivity index (χ4v) is 3.24. The minimum atomic E-state index is -5.16. The van der Waals surface area contributed by atoms with Crippen LogP contribution in [-0.2, 0) is 13.7 Å². The van der Waals surface area contributed by atoms with Gasteiger partial charge in [-0.05, 0) is 13.3 Å². The highest BCUT2D eigenvalue weighted by Gasteiger charge is 2.55. The fraction of sp³-hybridized carbons (Fsp3) is 0.600. The van der Waals surface area contributed by atoms with E-state index in [9.17, 15) is 13.7 Å². The summed E-state index contributed by atoms with van der Waals surface area (Å²) in [4.78, 5) is 49.8. The van der Waals surface area contributed by atoms with Crippen molar-refractivity contribution in [2.75, 3.05) is 0 Å².